The fourth-order valence-electron chi connectivity index (χ4n) is 0.348. The molecule has 0 atom stereocenters. The second-order valence-electron chi connectivity index (χ2n) is 2.06. The summed E-state index contributed by atoms with van der Waals surface area (Å²) in [6, 6.07) is 0. The molecule has 0 aliphatic carbocycles. The van der Waals surface area contributed by atoms with Crippen molar-refractivity contribution in [3.8, 4) is 0 Å². The van der Waals surface area contributed by atoms with Crippen LogP contribution in [0.2, 0.25) is 0 Å². The highest BCUT2D eigenvalue weighted by molar-refractivity contribution is 5.04. The van der Waals surface area contributed by atoms with E-state index in [1.165, 1.54) is 13.0 Å². The SMILES string of the molecule is C/C(F)=C\C=C/N(C)C. The number of halogens is 1. The Balaban J connectivity index is 3.60. The first-order valence-corrected chi connectivity index (χ1v) is 2.80. The van der Waals surface area contributed by atoms with Crippen LogP contribution in [-0.4, -0.2) is 19.0 Å². The number of rotatable bonds is 2. The fraction of sp³-hybridized carbons (Fsp3) is 0.429. The Morgan fingerprint density at radius 1 is 1.44 bits per heavy atom. The molecule has 0 spiro atoms. The normalized spacial score (nSPS) is 12.7. The Morgan fingerprint density at radius 3 is 2.33 bits per heavy atom. The van der Waals surface area contributed by atoms with Gasteiger partial charge in [-0.25, -0.2) is 4.39 Å². The van der Waals surface area contributed by atoms with Crippen molar-refractivity contribution in [2.45, 2.75) is 6.92 Å². The Labute approximate surface area is 55.5 Å². The largest absolute Gasteiger partial charge is 0.383 e. The van der Waals surface area contributed by atoms with Crippen LogP contribution >= 0.6 is 0 Å². The molecule has 0 saturated carbocycles. The van der Waals surface area contributed by atoms with Crippen molar-refractivity contribution in [2.75, 3.05) is 14.1 Å². The van der Waals surface area contributed by atoms with Crippen LogP contribution in [0.1, 0.15) is 6.92 Å². The summed E-state index contributed by atoms with van der Waals surface area (Å²) in [5, 5.41) is 0. The first-order chi connectivity index (χ1) is 4.13. The maximum absolute atomic E-state index is 11.9. The van der Waals surface area contributed by atoms with Crippen molar-refractivity contribution in [1.29, 1.82) is 0 Å². The van der Waals surface area contributed by atoms with Crippen LogP contribution in [0, 0.1) is 0 Å². The third-order valence-electron chi connectivity index (χ3n) is 0.710. The van der Waals surface area contributed by atoms with Crippen molar-refractivity contribution in [1.82, 2.24) is 4.90 Å². The zero-order chi connectivity index (χ0) is 7.28. The summed E-state index contributed by atoms with van der Waals surface area (Å²) in [6.07, 6.45) is 4.86. The summed E-state index contributed by atoms with van der Waals surface area (Å²) in [4.78, 5) is 1.85. The molecule has 9 heavy (non-hydrogen) atoms. The zero-order valence-corrected chi connectivity index (χ0v) is 6.06. The van der Waals surface area contributed by atoms with E-state index in [9.17, 15) is 4.39 Å². The van der Waals surface area contributed by atoms with Crippen LogP contribution in [-0.2, 0) is 0 Å². The molecule has 0 aromatic heterocycles. The lowest BCUT2D eigenvalue weighted by molar-refractivity contribution is 0.563. The molecule has 0 saturated heterocycles. The first-order valence-electron chi connectivity index (χ1n) is 2.80. The second kappa shape index (κ2) is 4.13. The minimum Gasteiger partial charge on any atom is -0.383 e. The Morgan fingerprint density at radius 2 is 2.00 bits per heavy atom. The average Bonchev–Trinajstić information content (AvgIpc) is 1.63. The molecule has 0 radical (unpaired) electrons. The molecule has 0 rings (SSSR count). The molecule has 52 valence electrons. The van der Waals surface area contributed by atoms with Crippen LogP contribution in [0.3, 0.4) is 0 Å². The van der Waals surface area contributed by atoms with E-state index >= 15 is 0 Å². The molecule has 0 fully saturated rings. The summed E-state index contributed by atoms with van der Waals surface area (Å²) < 4.78 is 11.9. The van der Waals surface area contributed by atoms with Gasteiger partial charge in [-0.2, -0.15) is 0 Å². The lowest BCUT2D eigenvalue weighted by Crippen LogP contribution is -1.99. The van der Waals surface area contributed by atoms with Gasteiger partial charge < -0.3 is 4.90 Å². The van der Waals surface area contributed by atoms with E-state index in [1.807, 2.05) is 19.0 Å². The molecule has 0 bridgehead atoms. The van der Waals surface area contributed by atoms with Crippen molar-refractivity contribution in [3.05, 3.63) is 24.2 Å². The van der Waals surface area contributed by atoms with E-state index in [4.69, 9.17) is 0 Å². The third kappa shape index (κ3) is 7.21. The smallest absolute Gasteiger partial charge is 0.0969 e. The van der Waals surface area contributed by atoms with E-state index in [2.05, 4.69) is 0 Å². The van der Waals surface area contributed by atoms with Crippen LogP contribution in [0.4, 0.5) is 4.39 Å². The minimum absolute atomic E-state index is 0.173. The zero-order valence-electron chi connectivity index (χ0n) is 6.06. The van der Waals surface area contributed by atoms with Gasteiger partial charge in [-0.3, -0.25) is 0 Å². The predicted molar refractivity (Wildman–Crippen MR) is 37.7 cm³/mol. The lowest BCUT2D eigenvalue weighted by atomic mass is 10.5. The van der Waals surface area contributed by atoms with Gasteiger partial charge in [0.05, 0.1) is 5.83 Å². The predicted octanol–water partition coefficient (Wildman–Crippen LogP) is 1.94. The Hall–Kier alpha value is -0.790. The summed E-state index contributed by atoms with van der Waals surface area (Å²) in [6.45, 7) is 1.42. The Bertz CT molecular complexity index is 121. The number of hydrogen-bond acceptors (Lipinski definition) is 1. The van der Waals surface area contributed by atoms with Gasteiger partial charge >= 0.3 is 0 Å². The van der Waals surface area contributed by atoms with E-state index in [-0.39, 0.29) is 5.83 Å². The molecule has 0 aliphatic heterocycles. The van der Waals surface area contributed by atoms with Crippen molar-refractivity contribution in [2.24, 2.45) is 0 Å². The van der Waals surface area contributed by atoms with Crippen LogP contribution in [0.5, 0.6) is 0 Å². The second-order valence-corrected chi connectivity index (χ2v) is 2.06. The molecule has 0 aromatic rings. The number of nitrogens with zero attached hydrogens (tertiary/aromatic N) is 1. The molecule has 0 aromatic carbocycles. The van der Waals surface area contributed by atoms with Gasteiger partial charge in [-0.15, -0.1) is 0 Å². The molecule has 1 nitrogen and oxygen atoms in total. The Kier molecular flexibility index (Phi) is 3.76. The van der Waals surface area contributed by atoms with Crippen LogP contribution in [0.25, 0.3) is 0 Å². The van der Waals surface area contributed by atoms with Gasteiger partial charge in [-0.1, -0.05) is 0 Å². The van der Waals surface area contributed by atoms with Gasteiger partial charge in [0.15, 0.2) is 0 Å². The molecule has 0 N–H and O–H groups in total. The number of allylic oxidation sites excluding steroid dienone is 3. The lowest BCUT2D eigenvalue weighted by Gasteiger charge is -2.00. The summed E-state index contributed by atoms with van der Waals surface area (Å²) >= 11 is 0. The van der Waals surface area contributed by atoms with E-state index in [0.717, 1.165) is 0 Å². The maximum Gasteiger partial charge on any atom is 0.0969 e. The fourth-order valence-corrected chi connectivity index (χ4v) is 0.348. The van der Waals surface area contributed by atoms with Gasteiger partial charge in [-0.05, 0) is 25.3 Å². The van der Waals surface area contributed by atoms with Gasteiger partial charge in [0.2, 0.25) is 0 Å². The van der Waals surface area contributed by atoms with Crippen molar-refractivity contribution < 1.29 is 4.39 Å². The highest BCUT2D eigenvalue weighted by Gasteiger charge is 1.75. The summed E-state index contributed by atoms with van der Waals surface area (Å²) in [7, 11) is 3.77. The molecular formula is C7H12FN. The highest BCUT2D eigenvalue weighted by atomic mass is 19.1. The summed E-state index contributed by atoms with van der Waals surface area (Å²) in [5.74, 6) is -0.173. The minimum atomic E-state index is -0.173. The molecule has 0 unspecified atom stereocenters. The molecular weight excluding hydrogens is 117 g/mol. The first kappa shape index (κ1) is 8.21. The quantitative estimate of drug-likeness (QED) is 0.515. The maximum atomic E-state index is 11.9. The van der Waals surface area contributed by atoms with E-state index < -0.39 is 0 Å². The van der Waals surface area contributed by atoms with E-state index in [1.54, 1.807) is 12.3 Å². The van der Waals surface area contributed by atoms with Gasteiger partial charge in [0.25, 0.3) is 0 Å². The monoisotopic (exact) mass is 129 g/mol. The van der Waals surface area contributed by atoms with Crippen molar-refractivity contribution in [3.63, 3.8) is 0 Å². The molecule has 2 heteroatoms. The van der Waals surface area contributed by atoms with Gasteiger partial charge in [0, 0.05) is 14.1 Å². The molecule has 0 aliphatic rings. The standard InChI is InChI=1S/C7H12FN/c1-7(8)5-4-6-9(2)3/h4-6H,1-3H3/b6-4-,7-5+. The molecule has 0 heterocycles. The average molecular weight is 129 g/mol. The highest BCUT2D eigenvalue weighted by Crippen LogP contribution is 1.92. The van der Waals surface area contributed by atoms with Gasteiger partial charge in [0.1, 0.15) is 0 Å². The van der Waals surface area contributed by atoms with E-state index in [0.29, 0.717) is 0 Å². The van der Waals surface area contributed by atoms with Crippen molar-refractivity contribution >= 4 is 0 Å². The molecule has 0 amide bonds. The van der Waals surface area contributed by atoms with Crippen LogP contribution in [0.15, 0.2) is 24.2 Å². The topological polar surface area (TPSA) is 3.24 Å². The third-order valence-corrected chi connectivity index (χ3v) is 0.710. The summed E-state index contributed by atoms with van der Waals surface area (Å²) in [5.41, 5.74) is 0. The van der Waals surface area contributed by atoms with Crippen LogP contribution < -0.4 is 0 Å². The number of hydrogen-bond donors (Lipinski definition) is 0.